The summed E-state index contributed by atoms with van der Waals surface area (Å²) >= 11 is 0. The number of hydrogen-bond donors (Lipinski definition) is 1. The molecule has 0 aliphatic carbocycles. The van der Waals surface area contributed by atoms with Gasteiger partial charge in [0.25, 0.3) is 0 Å². The van der Waals surface area contributed by atoms with Crippen molar-refractivity contribution in [1.82, 2.24) is 14.8 Å². The minimum atomic E-state index is -0.606. The van der Waals surface area contributed by atoms with E-state index in [2.05, 4.69) is 10.3 Å². The lowest BCUT2D eigenvalue weighted by molar-refractivity contribution is -0.384. The molecule has 35 heavy (non-hydrogen) atoms. The van der Waals surface area contributed by atoms with Gasteiger partial charge in [0.1, 0.15) is 17.6 Å². The number of anilines is 1. The third-order valence-corrected chi connectivity index (χ3v) is 5.09. The van der Waals surface area contributed by atoms with Gasteiger partial charge in [-0.3, -0.25) is 19.9 Å². The molecule has 4 aromatic rings. The number of para-hydroxylation sites is 1. The molecule has 0 aliphatic heterocycles. The number of benzene rings is 2. The van der Waals surface area contributed by atoms with E-state index >= 15 is 0 Å². The summed E-state index contributed by atoms with van der Waals surface area (Å²) in [4.78, 5) is 26.9. The van der Waals surface area contributed by atoms with E-state index in [1.54, 1.807) is 43.3 Å². The van der Waals surface area contributed by atoms with Gasteiger partial charge in [0, 0.05) is 29.6 Å². The maximum atomic E-state index is 12.6. The van der Waals surface area contributed by atoms with Crippen molar-refractivity contribution in [2.45, 2.75) is 0 Å². The fraction of sp³-hybridized carbons (Fsp3) is 0.0800. The molecule has 0 bridgehead atoms. The predicted molar refractivity (Wildman–Crippen MR) is 131 cm³/mol. The SMILES string of the molecule is COc1ccc(-c2nn(-c3ccccc3)cc2/C=C/C(=O)Nc2ccncc2[N+](=O)[O-])cc1OC. The van der Waals surface area contributed by atoms with Gasteiger partial charge in [-0.25, -0.2) is 4.68 Å². The molecule has 2 heterocycles. The van der Waals surface area contributed by atoms with Gasteiger partial charge >= 0.3 is 5.69 Å². The van der Waals surface area contributed by atoms with Crippen LogP contribution in [0.15, 0.2) is 79.3 Å². The third kappa shape index (κ3) is 5.17. The lowest BCUT2D eigenvalue weighted by atomic mass is 10.1. The topological polar surface area (TPSA) is 121 Å². The number of pyridine rings is 1. The van der Waals surface area contributed by atoms with Crippen molar-refractivity contribution in [2.75, 3.05) is 19.5 Å². The summed E-state index contributed by atoms with van der Waals surface area (Å²) in [5.74, 6) is 0.580. The number of nitrogens with one attached hydrogen (secondary N) is 1. The van der Waals surface area contributed by atoms with Crippen molar-refractivity contribution < 1.29 is 19.2 Å². The predicted octanol–water partition coefficient (Wildman–Crippen LogP) is 4.51. The fourth-order valence-electron chi connectivity index (χ4n) is 3.41. The molecule has 2 aromatic carbocycles. The molecular formula is C25H21N5O5. The summed E-state index contributed by atoms with van der Waals surface area (Å²) in [5.41, 5.74) is 2.61. The highest BCUT2D eigenvalue weighted by Gasteiger charge is 2.16. The number of amides is 1. The molecule has 0 aliphatic rings. The Bertz CT molecular complexity index is 1400. The first-order valence-electron chi connectivity index (χ1n) is 10.4. The van der Waals surface area contributed by atoms with E-state index in [1.165, 1.54) is 18.3 Å². The number of carbonyl (C=O) groups excluding carboxylic acids is 1. The van der Waals surface area contributed by atoms with Crippen LogP contribution in [0.2, 0.25) is 0 Å². The molecule has 0 fully saturated rings. The molecule has 0 saturated heterocycles. The van der Waals surface area contributed by atoms with E-state index in [0.717, 1.165) is 17.4 Å². The molecule has 0 saturated carbocycles. The zero-order chi connectivity index (χ0) is 24.8. The highest BCUT2D eigenvalue weighted by Crippen LogP contribution is 2.34. The van der Waals surface area contributed by atoms with Crippen LogP contribution >= 0.6 is 0 Å². The Morgan fingerprint density at radius 2 is 1.86 bits per heavy atom. The molecule has 1 N–H and O–H groups in total. The number of methoxy groups -OCH3 is 2. The summed E-state index contributed by atoms with van der Waals surface area (Å²) in [5, 5.41) is 18.4. The average Bonchev–Trinajstić information content (AvgIpc) is 3.32. The monoisotopic (exact) mass is 471 g/mol. The maximum absolute atomic E-state index is 12.6. The van der Waals surface area contributed by atoms with Crippen molar-refractivity contribution in [3.05, 3.63) is 94.9 Å². The second-order valence-electron chi connectivity index (χ2n) is 7.26. The molecule has 2 aromatic heterocycles. The van der Waals surface area contributed by atoms with Gasteiger partial charge in [-0.05, 0) is 42.5 Å². The van der Waals surface area contributed by atoms with Crippen molar-refractivity contribution >= 4 is 23.4 Å². The van der Waals surface area contributed by atoms with Gasteiger partial charge < -0.3 is 14.8 Å². The Hall–Kier alpha value is -4.99. The number of nitro groups is 1. The average molecular weight is 471 g/mol. The summed E-state index contributed by atoms with van der Waals surface area (Å²) in [6.07, 6.45) is 7.13. The molecule has 10 nitrogen and oxygen atoms in total. The van der Waals surface area contributed by atoms with Crippen molar-refractivity contribution in [1.29, 1.82) is 0 Å². The number of ether oxygens (including phenoxy) is 2. The van der Waals surface area contributed by atoms with Gasteiger partial charge in [-0.15, -0.1) is 0 Å². The first-order chi connectivity index (χ1) is 17.0. The van der Waals surface area contributed by atoms with E-state index in [-0.39, 0.29) is 11.4 Å². The number of aromatic nitrogens is 3. The number of hydrogen-bond acceptors (Lipinski definition) is 7. The van der Waals surface area contributed by atoms with E-state index in [0.29, 0.717) is 22.8 Å². The summed E-state index contributed by atoms with van der Waals surface area (Å²) in [6, 6.07) is 16.3. The van der Waals surface area contributed by atoms with Crippen LogP contribution in [0.5, 0.6) is 11.5 Å². The van der Waals surface area contributed by atoms with E-state index < -0.39 is 10.8 Å². The van der Waals surface area contributed by atoms with Gasteiger partial charge in [0.2, 0.25) is 5.91 Å². The van der Waals surface area contributed by atoms with Crippen LogP contribution in [0.1, 0.15) is 5.56 Å². The molecule has 176 valence electrons. The van der Waals surface area contributed by atoms with Crippen LogP contribution in [-0.2, 0) is 4.79 Å². The Labute approximate surface area is 200 Å². The minimum absolute atomic E-state index is 0.0553. The van der Waals surface area contributed by atoms with Crippen molar-refractivity contribution in [3.8, 4) is 28.4 Å². The maximum Gasteiger partial charge on any atom is 0.310 e. The zero-order valence-electron chi connectivity index (χ0n) is 18.9. The van der Waals surface area contributed by atoms with Crippen LogP contribution in [-0.4, -0.2) is 39.8 Å². The molecule has 10 heteroatoms. The quantitative estimate of drug-likeness (QED) is 0.228. The lowest BCUT2D eigenvalue weighted by Gasteiger charge is -2.09. The molecule has 0 unspecified atom stereocenters. The number of rotatable bonds is 8. The normalized spacial score (nSPS) is 10.8. The van der Waals surface area contributed by atoms with Crippen molar-refractivity contribution in [2.24, 2.45) is 0 Å². The first kappa shape index (κ1) is 23.2. The largest absolute Gasteiger partial charge is 0.493 e. The second-order valence-corrected chi connectivity index (χ2v) is 7.26. The highest BCUT2D eigenvalue weighted by molar-refractivity contribution is 6.03. The van der Waals surface area contributed by atoms with Crippen LogP contribution < -0.4 is 14.8 Å². The Balaban J connectivity index is 1.70. The Kier molecular flexibility index (Phi) is 6.82. The summed E-state index contributed by atoms with van der Waals surface area (Å²) in [6.45, 7) is 0. The molecule has 4 rings (SSSR count). The van der Waals surface area contributed by atoms with Gasteiger partial charge in [-0.1, -0.05) is 18.2 Å². The highest BCUT2D eigenvalue weighted by atomic mass is 16.6. The Morgan fingerprint density at radius 3 is 2.57 bits per heavy atom. The van der Waals surface area contributed by atoms with Crippen molar-refractivity contribution in [3.63, 3.8) is 0 Å². The van der Waals surface area contributed by atoms with E-state index in [9.17, 15) is 14.9 Å². The fourth-order valence-corrected chi connectivity index (χ4v) is 3.41. The minimum Gasteiger partial charge on any atom is -0.493 e. The van der Waals surface area contributed by atoms with Gasteiger partial charge in [0.05, 0.1) is 24.8 Å². The van der Waals surface area contributed by atoms with Crippen LogP contribution in [0.25, 0.3) is 23.0 Å². The lowest BCUT2D eigenvalue weighted by Crippen LogP contribution is -2.09. The van der Waals surface area contributed by atoms with E-state index in [1.807, 2.05) is 36.4 Å². The third-order valence-electron chi connectivity index (χ3n) is 5.09. The molecule has 1 amide bonds. The zero-order valence-corrected chi connectivity index (χ0v) is 18.9. The summed E-state index contributed by atoms with van der Waals surface area (Å²) in [7, 11) is 3.11. The van der Waals surface area contributed by atoms with Gasteiger partial charge in [-0.2, -0.15) is 5.10 Å². The Morgan fingerprint density at radius 1 is 1.09 bits per heavy atom. The number of carbonyl (C=O) groups is 1. The standard InChI is InChI=1S/C25H21N5O5/c1-34-22-10-8-17(14-23(22)35-2)25-18(16-29(28-25)19-6-4-3-5-7-19)9-11-24(31)27-20-12-13-26-15-21(20)30(32)33/h3-16H,1-2H3,(H,26,27,31)/b11-9+. The first-order valence-corrected chi connectivity index (χ1v) is 10.4. The molecule has 0 atom stereocenters. The van der Waals surface area contributed by atoms with Gasteiger partial charge in [0.15, 0.2) is 11.5 Å². The van der Waals surface area contributed by atoms with Crippen LogP contribution in [0, 0.1) is 10.1 Å². The van der Waals surface area contributed by atoms with Crippen LogP contribution in [0.3, 0.4) is 0 Å². The molecule has 0 spiro atoms. The molecular weight excluding hydrogens is 450 g/mol. The van der Waals surface area contributed by atoms with Crippen LogP contribution in [0.4, 0.5) is 11.4 Å². The smallest absolute Gasteiger partial charge is 0.310 e. The summed E-state index contributed by atoms with van der Waals surface area (Å²) < 4.78 is 12.5. The van der Waals surface area contributed by atoms with E-state index in [4.69, 9.17) is 14.6 Å². The second kappa shape index (κ2) is 10.3. The number of nitrogens with zero attached hydrogens (tertiary/aromatic N) is 4. The molecule has 0 radical (unpaired) electrons.